The summed E-state index contributed by atoms with van der Waals surface area (Å²) < 4.78 is 76.6. The standard InChI is InChI=1S/C32H49F5O4/c1-2-3-4-5-6-7-8-9-10-11-14-17-20-23-40-26(38)21-18-15-12-13-16-19-22-27(39)41-24-25-28(33)30(35)32(37)31(36)29(25)34/h2-24H2,1H3. The van der Waals surface area contributed by atoms with Gasteiger partial charge in [0.25, 0.3) is 0 Å². The van der Waals surface area contributed by atoms with Crippen molar-refractivity contribution in [2.24, 2.45) is 0 Å². The lowest BCUT2D eigenvalue weighted by molar-refractivity contribution is -0.145. The molecule has 0 aliphatic carbocycles. The van der Waals surface area contributed by atoms with Gasteiger partial charge in [0.2, 0.25) is 5.82 Å². The van der Waals surface area contributed by atoms with E-state index in [9.17, 15) is 31.5 Å². The molecule has 1 aromatic rings. The molecule has 0 aliphatic rings. The molecule has 0 aromatic heterocycles. The summed E-state index contributed by atoms with van der Waals surface area (Å²) in [5, 5.41) is 0. The summed E-state index contributed by atoms with van der Waals surface area (Å²) in [4.78, 5) is 23.6. The summed E-state index contributed by atoms with van der Waals surface area (Å²) in [5.74, 6) is -11.3. The number of carbonyl (C=O) groups excluding carboxylic acids is 2. The maximum Gasteiger partial charge on any atom is 0.306 e. The van der Waals surface area contributed by atoms with Crippen LogP contribution >= 0.6 is 0 Å². The molecule has 0 heterocycles. The highest BCUT2D eigenvalue weighted by Crippen LogP contribution is 2.24. The molecule has 0 unspecified atom stereocenters. The Balaban J connectivity index is 1.91. The van der Waals surface area contributed by atoms with Crippen LogP contribution in [0.4, 0.5) is 22.0 Å². The molecule has 0 bridgehead atoms. The molecule has 0 aliphatic heterocycles. The minimum atomic E-state index is -2.25. The van der Waals surface area contributed by atoms with Gasteiger partial charge in [-0.1, -0.05) is 110 Å². The molecule has 9 heteroatoms. The Hall–Kier alpha value is -2.19. The number of rotatable bonds is 25. The average molecular weight is 593 g/mol. The highest BCUT2D eigenvalue weighted by Gasteiger charge is 2.26. The second-order valence-electron chi connectivity index (χ2n) is 10.8. The first-order chi connectivity index (χ1) is 19.8. The van der Waals surface area contributed by atoms with Crippen LogP contribution in [0.5, 0.6) is 0 Å². The molecular weight excluding hydrogens is 543 g/mol. The summed E-state index contributed by atoms with van der Waals surface area (Å²) in [5.41, 5.74) is -1.17. The van der Waals surface area contributed by atoms with Crippen LogP contribution in [-0.4, -0.2) is 18.5 Å². The number of esters is 2. The molecule has 0 saturated heterocycles. The Bertz CT molecular complexity index is 849. The molecule has 4 nitrogen and oxygen atoms in total. The predicted octanol–water partition coefficient (Wildman–Crippen LogP) is 10.2. The summed E-state index contributed by atoms with van der Waals surface area (Å²) >= 11 is 0. The molecule has 0 saturated carbocycles. The first kappa shape index (κ1) is 36.8. The zero-order valence-corrected chi connectivity index (χ0v) is 24.8. The molecule has 0 N–H and O–H groups in total. The van der Waals surface area contributed by atoms with E-state index >= 15 is 0 Å². The van der Waals surface area contributed by atoms with Crippen LogP contribution < -0.4 is 0 Å². The van der Waals surface area contributed by atoms with Crippen molar-refractivity contribution >= 4 is 11.9 Å². The van der Waals surface area contributed by atoms with E-state index in [-0.39, 0.29) is 12.4 Å². The van der Waals surface area contributed by atoms with E-state index in [0.29, 0.717) is 25.9 Å². The van der Waals surface area contributed by atoms with Crippen molar-refractivity contribution < 1.29 is 41.0 Å². The number of benzene rings is 1. The molecule has 0 radical (unpaired) electrons. The van der Waals surface area contributed by atoms with Gasteiger partial charge in [-0.15, -0.1) is 0 Å². The second kappa shape index (κ2) is 23.4. The molecule has 1 rings (SSSR count). The first-order valence-electron chi connectivity index (χ1n) is 15.6. The molecule has 0 amide bonds. The third-order valence-electron chi connectivity index (χ3n) is 7.20. The van der Waals surface area contributed by atoms with Gasteiger partial charge in [-0.2, -0.15) is 0 Å². The first-order valence-corrected chi connectivity index (χ1v) is 15.6. The molecule has 0 fully saturated rings. The van der Waals surface area contributed by atoms with Crippen LogP contribution in [0.3, 0.4) is 0 Å². The van der Waals surface area contributed by atoms with Crippen molar-refractivity contribution in [2.75, 3.05) is 6.61 Å². The monoisotopic (exact) mass is 592 g/mol. The van der Waals surface area contributed by atoms with Gasteiger partial charge in [0.1, 0.15) is 6.61 Å². The van der Waals surface area contributed by atoms with Gasteiger partial charge in [-0.05, 0) is 19.3 Å². The number of halogens is 5. The van der Waals surface area contributed by atoms with Crippen molar-refractivity contribution in [2.45, 2.75) is 148 Å². The van der Waals surface area contributed by atoms with Crippen molar-refractivity contribution in [3.63, 3.8) is 0 Å². The van der Waals surface area contributed by atoms with Crippen LogP contribution in [0.25, 0.3) is 0 Å². The van der Waals surface area contributed by atoms with Gasteiger partial charge >= 0.3 is 11.9 Å². The molecule has 1 aromatic carbocycles. The Kier molecular flexibility index (Phi) is 21.0. The van der Waals surface area contributed by atoms with E-state index in [1.165, 1.54) is 70.6 Å². The third-order valence-corrected chi connectivity index (χ3v) is 7.20. The van der Waals surface area contributed by atoms with Crippen molar-refractivity contribution in [1.29, 1.82) is 0 Å². The fourth-order valence-corrected chi connectivity index (χ4v) is 4.63. The van der Waals surface area contributed by atoms with Gasteiger partial charge < -0.3 is 9.47 Å². The zero-order valence-electron chi connectivity index (χ0n) is 24.8. The number of ether oxygens (including phenoxy) is 2. The Labute approximate surface area is 242 Å². The molecule has 236 valence electrons. The topological polar surface area (TPSA) is 52.6 Å². The Morgan fingerprint density at radius 1 is 0.463 bits per heavy atom. The van der Waals surface area contributed by atoms with E-state index in [2.05, 4.69) is 11.7 Å². The van der Waals surface area contributed by atoms with Crippen LogP contribution in [0.2, 0.25) is 0 Å². The predicted molar refractivity (Wildman–Crippen MR) is 150 cm³/mol. The van der Waals surface area contributed by atoms with Gasteiger partial charge in [-0.3, -0.25) is 9.59 Å². The summed E-state index contributed by atoms with van der Waals surface area (Å²) in [7, 11) is 0. The molecule has 0 atom stereocenters. The Morgan fingerprint density at radius 2 is 0.805 bits per heavy atom. The smallest absolute Gasteiger partial charge is 0.306 e. The summed E-state index contributed by atoms with van der Waals surface area (Å²) in [6.07, 6.45) is 21.4. The van der Waals surface area contributed by atoms with E-state index < -0.39 is 47.2 Å². The quantitative estimate of drug-likeness (QED) is 0.0373. The lowest BCUT2D eigenvalue weighted by Crippen LogP contribution is -2.11. The van der Waals surface area contributed by atoms with Crippen LogP contribution in [0.1, 0.15) is 147 Å². The normalized spacial score (nSPS) is 11.2. The largest absolute Gasteiger partial charge is 0.466 e. The zero-order chi connectivity index (χ0) is 30.3. The van der Waals surface area contributed by atoms with E-state index in [0.717, 1.165) is 38.5 Å². The van der Waals surface area contributed by atoms with Gasteiger partial charge in [0, 0.05) is 12.8 Å². The fourth-order valence-electron chi connectivity index (χ4n) is 4.63. The van der Waals surface area contributed by atoms with Gasteiger partial charge in [-0.25, -0.2) is 22.0 Å². The fraction of sp³-hybridized carbons (Fsp3) is 0.750. The minimum absolute atomic E-state index is 0.0269. The second-order valence-corrected chi connectivity index (χ2v) is 10.8. The number of unbranched alkanes of at least 4 members (excludes halogenated alkanes) is 17. The lowest BCUT2D eigenvalue weighted by Gasteiger charge is -2.09. The lowest BCUT2D eigenvalue weighted by atomic mass is 10.0. The molecule has 41 heavy (non-hydrogen) atoms. The minimum Gasteiger partial charge on any atom is -0.466 e. The van der Waals surface area contributed by atoms with Crippen LogP contribution in [0, 0.1) is 29.1 Å². The van der Waals surface area contributed by atoms with E-state index in [1.54, 1.807) is 0 Å². The molecular formula is C32H49F5O4. The van der Waals surface area contributed by atoms with Crippen molar-refractivity contribution in [1.82, 2.24) is 0 Å². The number of hydrogen-bond acceptors (Lipinski definition) is 4. The number of hydrogen-bond donors (Lipinski definition) is 0. The van der Waals surface area contributed by atoms with Gasteiger partial charge in [0.05, 0.1) is 12.2 Å². The van der Waals surface area contributed by atoms with Crippen LogP contribution in [0.15, 0.2) is 0 Å². The Morgan fingerprint density at radius 3 is 1.24 bits per heavy atom. The molecule has 0 spiro atoms. The van der Waals surface area contributed by atoms with Crippen molar-refractivity contribution in [3.05, 3.63) is 34.6 Å². The maximum atomic E-state index is 13.6. The van der Waals surface area contributed by atoms with E-state index in [1.807, 2.05) is 0 Å². The average Bonchev–Trinajstić information content (AvgIpc) is 2.96. The van der Waals surface area contributed by atoms with Gasteiger partial charge in [0.15, 0.2) is 23.3 Å². The number of carbonyl (C=O) groups is 2. The summed E-state index contributed by atoms with van der Waals surface area (Å²) in [6.45, 7) is 1.70. The highest BCUT2D eigenvalue weighted by molar-refractivity contribution is 5.69. The maximum absolute atomic E-state index is 13.6. The third kappa shape index (κ3) is 16.7. The van der Waals surface area contributed by atoms with E-state index in [4.69, 9.17) is 4.74 Å². The summed E-state index contributed by atoms with van der Waals surface area (Å²) in [6, 6.07) is 0. The SMILES string of the molecule is CCCCCCCCCCCCCCCOC(=O)CCCCCCCCC(=O)OCc1c(F)c(F)c(F)c(F)c1F. The van der Waals surface area contributed by atoms with Crippen LogP contribution in [-0.2, 0) is 25.7 Å². The highest BCUT2D eigenvalue weighted by atomic mass is 19.2. The van der Waals surface area contributed by atoms with Crippen molar-refractivity contribution in [3.8, 4) is 0 Å².